The fourth-order valence-electron chi connectivity index (χ4n) is 1.07. The van der Waals surface area contributed by atoms with Gasteiger partial charge in [-0.2, -0.15) is 0 Å². The Kier molecular flexibility index (Phi) is 3.94. The van der Waals surface area contributed by atoms with E-state index in [9.17, 15) is 4.79 Å². The molecule has 1 unspecified atom stereocenters. The molecule has 1 rings (SSSR count). The second-order valence-electron chi connectivity index (χ2n) is 3.03. The van der Waals surface area contributed by atoms with Crippen molar-refractivity contribution in [3.05, 3.63) is 28.8 Å². The first-order valence-corrected chi connectivity index (χ1v) is 4.81. The van der Waals surface area contributed by atoms with E-state index >= 15 is 0 Å². The first kappa shape index (κ1) is 11.8. The van der Waals surface area contributed by atoms with Crippen molar-refractivity contribution in [1.82, 2.24) is 0 Å². The van der Waals surface area contributed by atoms with Crippen molar-refractivity contribution in [3.63, 3.8) is 0 Å². The summed E-state index contributed by atoms with van der Waals surface area (Å²) in [6.07, 6.45) is -0.949. The minimum absolute atomic E-state index is 0.252. The number of halogens is 1. The molecule has 4 nitrogen and oxygen atoms in total. The zero-order chi connectivity index (χ0) is 11.4. The molecule has 82 valence electrons. The van der Waals surface area contributed by atoms with Crippen LogP contribution in [0.25, 0.3) is 0 Å². The predicted molar refractivity (Wildman–Crippen MR) is 57.1 cm³/mol. The molecular weight excluding hydrogens is 218 g/mol. The largest absolute Gasteiger partial charge is 0.479 e. The lowest BCUT2D eigenvalue weighted by Crippen LogP contribution is -2.23. The fourth-order valence-corrected chi connectivity index (χ4v) is 1.31. The Bertz CT molecular complexity index is 368. The number of hydrogen-bond donors (Lipinski definition) is 2. The van der Waals surface area contributed by atoms with Gasteiger partial charge in [0.25, 0.3) is 0 Å². The van der Waals surface area contributed by atoms with Crippen LogP contribution in [-0.4, -0.2) is 17.2 Å². The van der Waals surface area contributed by atoms with Crippen LogP contribution in [0.1, 0.15) is 12.5 Å². The number of benzene rings is 1. The highest BCUT2D eigenvalue weighted by Crippen LogP contribution is 2.29. The molecule has 0 aliphatic rings. The van der Waals surface area contributed by atoms with E-state index in [2.05, 4.69) is 0 Å². The van der Waals surface area contributed by atoms with Gasteiger partial charge in [0.1, 0.15) is 5.75 Å². The van der Waals surface area contributed by atoms with Gasteiger partial charge in [0.2, 0.25) is 0 Å². The number of para-hydroxylation sites is 1. The van der Waals surface area contributed by atoms with E-state index in [1.165, 1.54) is 6.92 Å². The zero-order valence-electron chi connectivity index (χ0n) is 8.24. The summed E-state index contributed by atoms with van der Waals surface area (Å²) in [5, 5.41) is 9.07. The molecule has 0 fully saturated rings. The van der Waals surface area contributed by atoms with E-state index in [1.807, 2.05) is 0 Å². The lowest BCUT2D eigenvalue weighted by Gasteiger charge is -2.14. The van der Waals surface area contributed by atoms with Crippen LogP contribution in [0.4, 0.5) is 0 Å². The van der Waals surface area contributed by atoms with Crippen molar-refractivity contribution in [2.24, 2.45) is 5.73 Å². The van der Waals surface area contributed by atoms with E-state index in [0.29, 0.717) is 16.3 Å². The maximum absolute atomic E-state index is 10.6. The van der Waals surface area contributed by atoms with E-state index in [1.54, 1.807) is 18.2 Å². The topological polar surface area (TPSA) is 72.5 Å². The quantitative estimate of drug-likeness (QED) is 0.824. The summed E-state index contributed by atoms with van der Waals surface area (Å²) in [7, 11) is 0. The second-order valence-corrected chi connectivity index (χ2v) is 3.44. The Balaban J connectivity index is 2.97. The van der Waals surface area contributed by atoms with Gasteiger partial charge in [0, 0.05) is 12.1 Å². The standard InChI is InChI=1S/C10H12ClNO3/c1-6(10(13)14)15-9-7(5-12)3-2-4-8(9)11/h2-4,6H,5,12H2,1H3,(H,13,14). The van der Waals surface area contributed by atoms with Gasteiger partial charge in [0.15, 0.2) is 6.10 Å². The Morgan fingerprint density at radius 3 is 2.87 bits per heavy atom. The highest BCUT2D eigenvalue weighted by molar-refractivity contribution is 6.32. The number of ether oxygens (including phenoxy) is 1. The van der Waals surface area contributed by atoms with Gasteiger partial charge >= 0.3 is 5.97 Å². The summed E-state index contributed by atoms with van der Waals surface area (Å²) < 4.78 is 5.22. The van der Waals surface area contributed by atoms with Crippen LogP contribution in [0.2, 0.25) is 5.02 Å². The van der Waals surface area contributed by atoms with E-state index < -0.39 is 12.1 Å². The van der Waals surface area contributed by atoms with Crippen LogP contribution in [0, 0.1) is 0 Å². The molecule has 0 aliphatic carbocycles. The molecule has 1 aromatic rings. The molecule has 0 bridgehead atoms. The van der Waals surface area contributed by atoms with Crippen molar-refractivity contribution < 1.29 is 14.6 Å². The fraction of sp³-hybridized carbons (Fsp3) is 0.300. The summed E-state index contributed by atoms with van der Waals surface area (Å²) in [4.78, 5) is 10.6. The average Bonchev–Trinajstić information content (AvgIpc) is 2.20. The summed E-state index contributed by atoms with van der Waals surface area (Å²) in [5.74, 6) is -0.700. The van der Waals surface area contributed by atoms with Gasteiger partial charge in [-0.1, -0.05) is 23.7 Å². The highest BCUT2D eigenvalue weighted by Gasteiger charge is 2.16. The van der Waals surface area contributed by atoms with Gasteiger partial charge in [-0.05, 0) is 13.0 Å². The molecule has 1 aromatic carbocycles. The number of aliphatic carboxylic acids is 1. The van der Waals surface area contributed by atoms with Crippen molar-refractivity contribution >= 4 is 17.6 Å². The van der Waals surface area contributed by atoms with Crippen molar-refractivity contribution in [3.8, 4) is 5.75 Å². The molecule has 5 heteroatoms. The van der Waals surface area contributed by atoms with E-state index in [-0.39, 0.29) is 6.54 Å². The van der Waals surface area contributed by atoms with E-state index in [0.717, 1.165) is 0 Å². The molecule has 3 N–H and O–H groups in total. The number of carboxylic acid groups (broad SMARTS) is 1. The molecule has 0 saturated carbocycles. The van der Waals surface area contributed by atoms with Crippen LogP contribution in [-0.2, 0) is 11.3 Å². The molecular formula is C10H12ClNO3. The Labute approximate surface area is 92.6 Å². The molecule has 0 amide bonds. The van der Waals surface area contributed by atoms with Crippen molar-refractivity contribution in [2.75, 3.05) is 0 Å². The monoisotopic (exact) mass is 229 g/mol. The van der Waals surface area contributed by atoms with Crippen LogP contribution in [0.15, 0.2) is 18.2 Å². The van der Waals surface area contributed by atoms with Crippen LogP contribution >= 0.6 is 11.6 Å². The highest BCUT2D eigenvalue weighted by atomic mass is 35.5. The van der Waals surface area contributed by atoms with Crippen molar-refractivity contribution in [2.45, 2.75) is 19.6 Å². The molecule has 0 heterocycles. The summed E-state index contributed by atoms with van der Waals surface area (Å²) in [6.45, 7) is 1.69. The first-order valence-electron chi connectivity index (χ1n) is 4.43. The minimum atomic E-state index is -1.04. The summed E-state index contributed by atoms with van der Waals surface area (Å²) >= 11 is 5.88. The third-order valence-electron chi connectivity index (χ3n) is 1.91. The third-order valence-corrected chi connectivity index (χ3v) is 2.21. The Hall–Kier alpha value is -1.26. The minimum Gasteiger partial charge on any atom is -0.479 e. The molecule has 0 aromatic heterocycles. The van der Waals surface area contributed by atoms with Crippen LogP contribution in [0.3, 0.4) is 0 Å². The van der Waals surface area contributed by atoms with Gasteiger partial charge in [-0.3, -0.25) is 0 Å². The SMILES string of the molecule is CC(Oc1c(Cl)cccc1CN)C(=O)O. The maximum Gasteiger partial charge on any atom is 0.344 e. The number of hydrogen-bond acceptors (Lipinski definition) is 3. The number of nitrogens with two attached hydrogens (primary N) is 1. The Morgan fingerprint density at radius 2 is 2.33 bits per heavy atom. The second kappa shape index (κ2) is 5.00. The zero-order valence-corrected chi connectivity index (χ0v) is 8.99. The molecule has 1 atom stereocenters. The van der Waals surface area contributed by atoms with E-state index in [4.69, 9.17) is 27.2 Å². The molecule has 0 spiro atoms. The summed E-state index contributed by atoms with van der Waals surface area (Å²) in [5.41, 5.74) is 6.18. The smallest absolute Gasteiger partial charge is 0.344 e. The van der Waals surface area contributed by atoms with Gasteiger partial charge in [0.05, 0.1) is 5.02 Å². The first-order chi connectivity index (χ1) is 7.06. The molecule has 0 radical (unpaired) electrons. The number of carbonyl (C=O) groups is 1. The van der Waals surface area contributed by atoms with Gasteiger partial charge in [-0.15, -0.1) is 0 Å². The predicted octanol–water partition coefficient (Wildman–Crippen LogP) is 1.65. The Morgan fingerprint density at radius 1 is 1.67 bits per heavy atom. The lowest BCUT2D eigenvalue weighted by molar-refractivity contribution is -0.144. The van der Waals surface area contributed by atoms with Gasteiger partial charge < -0.3 is 15.6 Å². The van der Waals surface area contributed by atoms with Crippen LogP contribution < -0.4 is 10.5 Å². The molecule has 15 heavy (non-hydrogen) atoms. The molecule has 0 saturated heterocycles. The lowest BCUT2D eigenvalue weighted by atomic mass is 10.2. The van der Waals surface area contributed by atoms with Crippen molar-refractivity contribution in [1.29, 1.82) is 0 Å². The summed E-state index contributed by atoms with van der Waals surface area (Å²) in [6, 6.07) is 5.11. The average molecular weight is 230 g/mol. The maximum atomic E-state index is 10.6. The third kappa shape index (κ3) is 2.84. The normalized spacial score (nSPS) is 12.2. The van der Waals surface area contributed by atoms with Gasteiger partial charge in [-0.25, -0.2) is 4.79 Å². The van der Waals surface area contributed by atoms with Crippen LogP contribution in [0.5, 0.6) is 5.75 Å². The number of rotatable bonds is 4. The molecule has 0 aliphatic heterocycles. The number of carboxylic acids is 1.